The maximum Gasteiger partial charge on any atom is 0.277 e. The van der Waals surface area contributed by atoms with E-state index in [-0.39, 0.29) is 17.9 Å². The second-order valence-electron chi connectivity index (χ2n) is 6.77. The minimum absolute atomic E-state index is 0.0564. The summed E-state index contributed by atoms with van der Waals surface area (Å²) in [7, 11) is 1.60. The maximum absolute atomic E-state index is 11.9. The summed E-state index contributed by atoms with van der Waals surface area (Å²) >= 11 is 0. The Morgan fingerprint density at radius 3 is 2.27 bits per heavy atom. The van der Waals surface area contributed by atoms with Gasteiger partial charge in [-0.25, -0.2) is 5.43 Å². The Morgan fingerprint density at radius 2 is 1.65 bits per heavy atom. The number of methoxy groups -OCH3 is 1. The molecule has 0 fully saturated rings. The molecule has 0 atom stereocenters. The fraction of sp³-hybridized carbons (Fsp3) is 0.333. The van der Waals surface area contributed by atoms with Crippen molar-refractivity contribution < 1.29 is 14.3 Å². The fourth-order valence-corrected chi connectivity index (χ4v) is 2.68. The fourth-order valence-electron chi connectivity index (χ4n) is 2.68. The Morgan fingerprint density at radius 1 is 1.04 bits per heavy atom. The number of carbonyl (C=O) groups excluding carboxylic acids is 1. The summed E-state index contributed by atoms with van der Waals surface area (Å²) in [4.78, 5) is 11.9. The Labute approximate surface area is 155 Å². The first-order valence-corrected chi connectivity index (χ1v) is 8.55. The van der Waals surface area contributed by atoms with Crippen molar-refractivity contribution in [2.24, 2.45) is 5.10 Å². The van der Waals surface area contributed by atoms with E-state index in [9.17, 15) is 4.79 Å². The summed E-state index contributed by atoms with van der Waals surface area (Å²) in [5, 5.41) is 4.19. The zero-order chi connectivity index (χ0) is 19.0. The molecule has 0 aliphatic heterocycles. The predicted octanol–water partition coefficient (Wildman–Crippen LogP) is 3.93. The van der Waals surface area contributed by atoms with Crippen LogP contribution in [0.1, 0.15) is 32.8 Å². The van der Waals surface area contributed by atoms with Crippen LogP contribution in [0.4, 0.5) is 0 Å². The molecule has 2 aromatic carbocycles. The number of hydrazone groups is 1. The zero-order valence-electron chi connectivity index (χ0n) is 15.8. The number of nitrogens with one attached hydrogen (secondary N) is 1. The maximum atomic E-state index is 11.9. The molecule has 0 aliphatic rings. The molecule has 2 aromatic rings. The molecule has 0 saturated heterocycles. The van der Waals surface area contributed by atoms with Crippen molar-refractivity contribution in [2.75, 3.05) is 13.7 Å². The lowest BCUT2D eigenvalue weighted by Crippen LogP contribution is -2.27. The summed E-state index contributed by atoms with van der Waals surface area (Å²) in [6, 6.07) is 17.3. The van der Waals surface area contributed by atoms with E-state index in [0.29, 0.717) is 5.75 Å². The topological polar surface area (TPSA) is 59.9 Å². The predicted molar refractivity (Wildman–Crippen MR) is 104 cm³/mol. The molecule has 0 unspecified atom stereocenters. The molecule has 1 amide bonds. The van der Waals surface area contributed by atoms with Crippen molar-refractivity contribution in [3.8, 4) is 11.5 Å². The molecule has 0 aliphatic carbocycles. The van der Waals surface area contributed by atoms with Gasteiger partial charge in [0.1, 0.15) is 11.5 Å². The van der Waals surface area contributed by atoms with Crippen LogP contribution in [0.3, 0.4) is 0 Å². The lowest BCUT2D eigenvalue weighted by Gasteiger charge is -2.25. The van der Waals surface area contributed by atoms with E-state index >= 15 is 0 Å². The first-order valence-electron chi connectivity index (χ1n) is 8.55. The Bertz CT molecular complexity index is 738. The lowest BCUT2D eigenvalue weighted by molar-refractivity contribution is -0.123. The molecular formula is C21H26N2O3. The highest BCUT2D eigenvalue weighted by Crippen LogP contribution is 2.27. The molecular weight excluding hydrogens is 328 g/mol. The van der Waals surface area contributed by atoms with Crippen LogP contribution in [0, 0.1) is 0 Å². The van der Waals surface area contributed by atoms with Gasteiger partial charge in [0.15, 0.2) is 6.61 Å². The van der Waals surface area contributed by atoms with E-state index in [1.807, 2.05) is 25.1 Å². The van der Waals surface area contributed by atoms with Crippen LogP contribution in [-0.4, -0.2) is 25.3 Å². The first-order chi connectivity index (χ1) is 12.4. The van der Waals surface area contributed by atoms with Gasteiger partial charge in [-0.1, -0.05) is 44.2 Å². The van der Waals surface area contributed by atoms with E-state index in [0.717, 1.165) is 17.9 Å². The Hall–Kier alpha value is -2.82. The monoisotopic (exact) mass is 354 g/mol. The van der Waals surface area contributed by atoms with E-state index in [1.54, 1.807) is 31.4 Å². The average molecular weight is 354 g/mol. The number of carbonyl (C=O) groups is 1. The Kier molecular flexibility index (Phi) is 6.78. The molecule has 0 spiro atoms. The van der Waals surface area contributed by atoms with E-state index in [1.165, 1.54) is 5.56 Å². The molecule has 0 radical (unpaired) electrons. The number of nitrogens with zero attached hydrogens (tertiary/aromatic N) is 1. The Balaban J connectivity index is 1.82. The number of benzene rings is 2. The quantitative estimate of drug-likeness (QED) is 0.577. The minimum atomic E-state index is -0.294. The van der Waals surface area contributed by atoms with Crippen LogP contribution in [0.2, 0.25) is 0 Å². The van der Waals surface area contributed by atoms with Crippen LogP contribution in [0.15, 0.2) is 59.7 Å². The molecule has 0 saturated carbocycles. The van der Waals surface area contributed by atoms with Crippen molar-refractivity contribution in [2.45, 2.75) is 32.6 Å². The van der Waals surface area contributed by atoms with Crippen molar-refractivity contribution in [1.29, 1.82) is 0 Å². The van der Waals surface area contributed by atoms with Gasteiger partial charge in [0.05, 0.1) is 7.11 Å². The van der Waals surface area contributed by atoms with Gasteiger partial charge in [0, 0.05) is 5.71 Å². The van der Waals surface area contributed by atoms with Crippen LogP contribution >= 0.6 is 0 Å². The summed E-state index contributed by atoms with van der Waals surface area (Å²) < 4.78 is 10.5. The average Bonchev–Trinajstić information content (AvgIpc) is 2.65. The van der Waals surface area contributed by atoms with Gasteiger partial charge in [-0.15, -0.1) is 0 Å². The van der Waals surface area contributed by atoms with Crippen molar-refractivity contribution >= 4 is 11.6 Å². The van der Waals surface area contributed by atoms with Gasteiger partial charge in [0.2, 0.25) is 0 Å². The highest BCUT2D eigenvalue weighted by Gasteiger charge is 2.21. The summed E-state index contributed by atoms with van der Waals surface area (Å²) in [5.41, 5.74) is 4.59. The van der Waals surface area contributed by atoms with Gasteiger partial charge >= 0.3 is 0 Å². The van der Waals surface area contributed by atoms with Gasteiger partial charge in [-0.05, 0) is 48.6 Å². The molecule has 138 valence electrons. The van der Waals surface area contributed by atoms with E-state index in [4.69, 9.17) is 9.47 Å². The van der Waals surface area contributed by atoms with E-state index < -0.39 is 0 Å². The van der Waals surface area contributed by atoms with Gasteiger partial charge < -0.3 is 9.47 Å². The third-order valence-corrected chi connectivity index (χ3v) is 4.05. The second kappa shape index (κ2) is 9.04. The SMILES string of the molecule is COc1ccc(OCC(=O)N/N=C(/C)CC(C)(C)c2ccccc2)cc1. The normalized spacial score (nSPS) is 11.8. The third kappa shape index (κ3) is 5.92. The molecule has 26 heavy (non-hydrogen) atoms. The number of ether oxygens (including phenoxy) is 2. The number of hydrogen-bond acceptors (Lipinski definition) is 4. The van der Waals surface area contributed by atoms with Crippen molar-refractivity contribution in [3.05, 3.63) is 60.2 Å². The summed E-state index contributed by atoms with van der Waals surface area (Å²) in [5.74, 6) is 1.05. The number of amides is 1. The minimum Gasteiger partial charge on any atom is -0.497 e. The van der Waals surface area contributed by atoms with Crippen molar-refractivity contribution in [1.82, 2.24) is 5.43 Å². The highest BCUT2D eigenvalue weighted by atomic mass is 16.5. The standard InChI is InChI=1S/C21H26N2O3/c1-16(14-21(2,3)17-8-6-5-7-9-17)22-23-20(24)15-26-19-12-10-18(25-4)11-13-19/h5-13H,14-15H2,1-4H3,(H,23,24)/b22-16-. The first kappa shape index (κ1) is 19.5. The smallest absolute Gasteiger partial charge is 0.277 e. The molecule has 5 nitrogen and oxygen atoms in total. The van der Waals surface area contributed by atoms with Gasteiger partial charge in [-0.2, -0.15) is 5.10 Å². The van der Waals surface area contributed by atoms with Gasteiger partial charge in [-0.3, -0.25) is 4.79 Å². The zero-order valence-corrected chi connectivity index (χ0v) is 15.8. The highest BCUT2D eigenvalue weighted by molar-refractivity contribution is 5.85. The summed E-state index contributed by atoms with van der Waals surface area (Å²) in [6.07, 6.45) is 0.747. The van der Waals surface area contributed by atoms with Crippen LogP contribution in [-0.2, 0) is 10.2 Å². The third-order valence-electron chi connectivity index (χ3n) is 4.05. The largest absolute Gasteiger partial charge is 0.497 e. The lowest BCUT2D eigenvalue weighted by atomic mass is 9.80. The van der Waals surface area contributed by atoms with Gasteiger partial charge in [0.25, 0.3) is 5.91 Å². The van der Waals surface area contributed by atoms with Crippen LogP contribution in [0.25, 0.3) is 0 Å². The molecule has 5 heteroatoms. The number of hydrogen-bond donors (Lipinski definition) is 1. The molecule has 0 bridgehead atoms. The molecule has 1 N–H and O–H groups in total. The van der Waals surface area contributed by atoms with Crippen LogP contribution < -0.4 is 14.9 Å². The van der Waals surface area contributed by atoms with Crippen molar-refractivity contribution in [3.63, 3.8) is 0 Å². The molecule has 0 heterocycles. The number of rotatable bonds is 8. The van der Waals surface area contributed by atoms with Crippen LogP contribution in [0.5, 0.6) is 11.5 Å². The summed E-state index contributed by atoms with van der Waals surface area (Å²) in [6.45, 7) is 6.15. The molecule has 2 rings (SSSR count). The molecule has 0 aromatic heterocycles. The second-order valence-corrected chi connectivity index (χ2v) is 6.77. The van der Waals surface area contributed by atoms with E-state index in [2.05, 4.69) is 36.5 Å².